The van der Waals surface area contributed by atoms with Gasteiger partial charge in [-0.3, -0.25) is 4.79 Å². The van der Waals surface area contributed by atoms with Gasteiger partial charge in [0.25, 0.3) is 5.56 Å². The minimum Gasteiger partial charge on any atom is -0.310 e. The zero-order chi connectivity index (χ0) is 12.4. The zero-order valence-corrected chi connectivity index (χ0v) is 10.7. The third-order valence-electron chi connectivity index (χ3n) is 2.93. The third-order valence-corrected chi connectivity index (χ3v) is 3.22. The van der Waals surface area contributed by atoms with E-state index in [2.05, 4.69) is 13.0 Å². The summed E-state index contributed by atoms with van der Waals surface area (Å²) in [7, 11) is 1.75. The zero-order valence-electron chi connectivity index (χ0n) is 9.90. The first-order valence-corrected chi connectivity index (χ1v) is 5.96. The lowest BCUT2D eigenvalue weighted by Gasteiger charge is -2.12. The highest BCUT2D eigenvalue weighted by atomic mass is 35.5. The highest BCUT2D eigenvalue weighted by Crippen LogP contribution is 2.23. The van der Waals surface area contributed by atoms with Crippen molar-refractivity contribution < 1.29 is 0 Å². The molecule has 0 N–H and O–H groups in total. The van der Waals surface area contributed by atoms with Crippen LogP contribution in [-0.2, 0) is 13.5 Å². The molecule has 0 amide bonds. The number of nitrogens with zero attached hydrogens (tertiary/aromatic N) is 1. The first kappa shape index (κ1) is 11.9. The van der Waals surface area contributed by atoms with Gasteiger partial charge >= 0.3 is 0 Å². The molecule has 0 saturated heterocycles. The van der Waals surface area contributed by atoms with Gasteiger partial charge in [0.2, 0.25) is 0 Å². The molecule has 0 fully saturated rings. The molecule has 1 aromatic carbocycles. The molecule has 0 atom stereocenters. The first-order chi connectivity index (χ1) is 8.15. The van der Waals surface area contributed by atoms with E-state index < -0.39 is 0 Å². The van der Waals surface area contributed by atoms with Crippen LogP contribution >= 0.6 is 11.6 Å². The minimum atomic E-state index is -0.157. The maximum atomic E-state index is 11.8. The predicted molar refractivity (Wildman–Crippen MR) is 71.5 cm³/mol. The van der Waals surface area contributed by atoms with Gasteiger partial charge in [0.1, 0.15) is 5.02 Å². The first-order valence-electron chi connectivity index (χ1n) is 5.59. The summed E-state index contributed by atoms with van der Waals surface area (Å²) in [5, 5.41) is 0.255. The van der Waals surface area contributed by atoms with E-state index in [1.54, 1.807) is 17.7 Å². The molecule has 0 unspecified atom stereocenters. The SMILES string of the molecule is CCc1ccccc1-c1ccc(Cl)c(=O)n1C. The van der Waals surface area contributed by atoms with Crippen molar-refractivity contribution >= 4 is 11.6 Å². The maximum absolute atomic E-state index is 11.8. The van der Waals surface area contributed by atoms with E-state index in [0.29, 0.717) is 0 Å². The second-order valence-electron chi connectivity index (χ2n) is 3.94. The van der Waals surface area contributed by atoms with Crippen molar-refractivity contribution in [3.63, 3.8) is 0 Å². The molecule has 2 aromatic rings. The summed E-state index contributed by atoms with van der Waals surface area (Å²) < 4.78 is 1.59. The van der Waals surface area contributed by atoms with Crippen LogP contribution in [0.15, 0.2) is 41.2 Å². The highest BCUT2D eigenvalue weighted by Gasteiger charge is 2.08. The van der Waals surface area contributed by atoms with Crippen molar-refractivity contribution in [2.24, 2.45) is 7.05 Å². The van der Waals surface area contributed by atoms with Crippen molar-refractivity contribution in [2.75, 3.05) is 0 Å². The van der Waals surface area contributed by atoms with Gasteiger partial charge in [-0.15, -0.1) is 0 Å². The Bertz CT molecular complexity index is 601. The predicted octanol–water partition coefficient (Wildman–Crippen LogP) is 3.27. The summed E-state index contributed by atoms with van der Waals surface area (Å²) in [5.74, 6) is 0. The number of hydrogen-bond acceptors (Lipinski definition) is 1. The largest absolute Gasteiger partial charge is 0.310 e. The molecule has 2 nitrogen and oxygen atoms in total. The Labute approximate surface area is 105 Å². The maximum Gasteiger partial charge on any atom is 0.269 e. The van der Waals surface area contributed by atoms with E-state index in [4.69, 9.17) is 11.6 Å². The summed E-state index contributed by atoms with van der Waals surface area (Å²) in [5.41, 5.74) is 3.06. The second kappa shape index (κ2) is 4.76. The number of benzene rings is 1. The van der Waals surface area contributed by atoms with Gasteiger partial charge in [-0.05, 0) is 24.1 Å². The molecule has 0 saturated carbocycles. The molecule has 3 heteroatoms. The molecule has 0 aliphatic carbocycles. The molecule has 0 radical (unpaired) electrons. The van der Waals surface area contributed by atoms with Crippen LogP contribution < -0.4 is 5.56 Å². The summed E-state index contributed by atoms with van der Waals surface area (Å²) >= 11 is 5.81. The minimum absolute atomic E-state index is 0.157. The fourth-order valence-electron chi connectivity index (χ4n) is 1.95. The Hall–Kier alpha value is -1.54. The van der Waals surface area contributed by atoms with E-state index >= 15 is 0 Å². The molecule has 0 aliphatic rings. The van der Waals surface area contributed by atoms with E-state index in [1.165, 1.54) is 5.56 Å². The number of rotatable bonds is 2. The molecule has 88 valence electrons. The fraction of sp³-hybridized carbons (Fsp3) is 0.214. The molecule has 0 bridgehead atoms. The van der Waals surface area contributed by atoms with Crippen molar-refractivity contribution in [2.45, 2.75) is 13.3 Å². The van der Waals surface area contributed by atoms with Crippen LogP contribution in [-0.4, -0.2) is 4.57 Å². The summed E-state index contributed by atoms with van der Waals surface area (Å²) in [6.07, 6.45) is 0.937. The van der Waals surface area contributed by atoms with E-state index in [9.17, 15) is 4.79 Å². The van der Waals surface area contributed by atoms with Crippen molar-refractivity contribution in [1.82, 2.24) is 4.57 Å². The topological polar surface area (TPSA) is 22.0 Å². The molecular weight excluding hydrogens is 234 g/mol. The van der Waals surface area contributed by atoms with Gasteiger partial charge in [0, 0.05) is 12.6 Å². The number of aromatic nitrogens is 1. The van der Waals surface area contributed by atoms with Crippen LogP contribution in [0.5, 0.6) is 0 Å². The average molecular weight is 248 g/mol. The molecule has 0 aliphatic heterocycles. The monoisotopic (exact) mass is 247 g/mol. The van der Waals surface area contributed by atoms with Gasteiger partial charge in [-0.25, -0.2) is 0 Å². The normalized spacial score (nSPS) is 10.5. The number of pyridine rings is 1. The number of aryl methyl sites for hydroxylation is 1. The van der Waals surface area contributed by atoms with Gasteiger partial charge in [-0.1, -0.05) is 42.8 Å². The lowest BCUT2D eigenvalue weighted by molar-refractivity contribution is 0.868. The third kappa shape index (κ3) is 2.13. The van der Waals surface area contributed by atoms with Crippen LogP contribution in [0.4, 0.5) is 0 Å². The molecule has 2 rings (SSSR count). The van der Waals surface area contributed by atoms with Gasteiger partial charge in [0.05, 0.1) is 5.69 Å². The summed E-state index contributed by atoms with van der Waals surface area (Å²) in [4.78, 5) is 11.8. The van der Waals surface area contributed by atoms with Crippen LogP contribution in [0.2, 0.25) is 5.02 Å². The Morgan fingerprint density at radius 2 is 1.88 bits per heavy atom. The Morgan fingerprint density at radius 3 is 2.59 bits per heavy atom. The Morgan fingerprint density at radius 1 is 1.18 bits per heavy atom. The molecule has 1 aromatic heterocycles. The number of hydrogen-bond donors (Lipinski definition) is 0. The van der Waals surface area contributed by atoms with Crippen LogP contribution in [0, 0.1) is 0 Å². The summed E-state index contributed by atoms with van der Waals surface area (Å²) in [6, 6.07) is 11.6. The molecule has 1 heterocycles. The van der Waals surface area contributed by atoms with E-state index in [-0.39, 0.29) is 10.6 Å². The fourth-order valence-corrected chi connectivity index (χ4v) is 2.14. The molecule has 0 spiro atoms. The Kier molecular flexibility index (Phi) is 3.34. The quantitative estimate of drug-likeness (QED) is 0.798. The average Bonchev–Trinajstić information content (AvgIpc) is 2.36. The number of halogens is 1. The van der Waals surface area contributed by atoms with Gasteiger partial charge in [0.15, 0.2) is 0 Å². The van der Waals surface area contributed by atoms with Crippen LogP contribution in [0.1, 0.15) is 12.5 Å². The van der Waals surface area contributed by atoms with Crippen LogP contribution in [0.25, 0.3) is 11.3 Å². The lowest BCUT2D eigenvalue weighted by Crippen LogP contribution is -2.18. The smallest absolute Gasteiger partial charge is 0.269 e. The molecule has 17 heavy (non-hydrogen) atoms. The second-order valence-corrected chi connectivity index (χ2v) is 4.35. The standard InChI is InChI=1S/C14H14ClNO/c1-3-10-6-4-5-7-11(10)13-9-8-12(15)14(17)16(13)2/h4-9H,3H2,1-2H3. The van der Waals surface area contributed by atoms with Crippen molar-refractivity contribution in [1.29, 1.82) is 0 Å². The van der Waals surface area contributed by atoms with Crippen LogP contribution in [0.3, 0.4) is 0 Å². The Balaban J connectivity index is 2.69. The summed E-state index contributed by atoms with van der Waals surface area (Å²) in [6.45, 7) is 2.10. The van der Waals surface area contributed by atoms with E-state index in [1.807, 2.05) is 24.3 Å². The van der Waals surface area contributed by atoms with Gasteiger partial charge < -0.3 is 4.57 Å². The lowest BCUT2D eigenvalue weighted by atomic mass is 10.0. The van der Waals surface area contributed by atoms with E-state index in [0.717, 1.165) is 17.7 Å². The van der Waals surface area contributed by atoms with Gasteiger partial charge in [-0.2, -0.15) is 0 Å². The van der Waals surface area contributed by atoms with Crippen molar-refractivity contribution in [3.8, 4) is 11.3 Å². The highest BCUT2D eigenvalue weighted by molar-refractivity contribution is 6.30. The van der Waals surface area contributed by atoms with Crippen molar-refractivity contribution in [3.05, 3.63) is 57.3 Å². The molecular formula is C14H14ClNO.